The van der Waals surface area contributed by atoms with Gasteiger partial charge in [0, 0.05) is 0 Å². The predicted molar refractivity (Wildman–Crippen MR) is 53.4 cm³/mol. The Hall–Kier alpha value is -1.11. The first-order valence-corrected chi connectivity index (χ1v) is 5.04. The molecule has 0 saturated heterocycles. The van der Waals surface area contributed by atoms with Crippen LogP contribution in [-0.2, 0) is 6.54 Å². The molecule has 7 heteroatoms. The minimum absolute atomic E-state index is 0.0328. The monoisotopic (exact) mass is 296 g/mol. The normalized spacial score (nSPS) is 12.3. The Kier molecular flexibility index (Phi) is 2.65. The number of hydrogen-bond donors (Lipinski definition) is 0. The van der Waals surface area contributed by atoms with Gasteiger partial charge in [-0.05, 0) is 34.1 Å². The molecule has 0 aliphatic carbocycles. The van der Waals surface area contributed by atoms with Crippen molar-refractivity contribution in [2.24, 2.45) is 0 Å². The topological polar surface area (TPSA) is 17.8 Å². The molecule has 2 aromatic rings. The van der Waals surface area contributed by atoms with Crippen molar-refractivity contribution in [3.63, 3.8) is 0 Å². The molecule has 2 rings (SSSR count). The van der Waals surface area contributed by atoms with Crippen LogP contribution >= 0.6 is 15.9 Å². The van der Waals surface area contributed by atoms with Gasteiger partial charge in [0.2, 0.25) is 0 Å². The summed E-state index contributed by atoms with van der Waals surface area (Å²) in [4.78, 5) is 3.85. The molecular formula is C9H5BrF4N2. The Labute approximate surface area is 96.0 Å². The van der Waals surface area contributed by atoms with Crippen molar-refractivity contribution in [3.05, 3.63) is 28.7 Å². The van der Waals surface area contributed by atoms with Crippen molar-refractivity contribution in [1.82, 2.24) is 9.55 Å². The van der Waals surface area contributed by atoms with E-state index in [9.17, 15) is 17.6 Å². The predicted octanol–water partition coefficient (Wildman–Crippen LogP) is 3.50. The number of benzene rings is 1. The molecule has 0 fully saturated rings. The number of fused-ring (bicyclic) bond motifs is 1. The Morgan fingerprint density at radius 2 is 2.00 bits per heavy atom. The van der Waals surface area contributed by atoms with E-state index in [0.717, 1.165) is 16.7 Å². The summed E-state index contributed by atoms with van der Waals surface area (Å²) in [5.41, 5.74) is 0.432. The van der Waals surface area contributed by atoms with Gasteiger partial charge in [0.25, 0.3) is 0 Å². The zero-order valence-corrected chi connectivity index (χ0v) is 9.31. The fraction of sp³-hybridized carbons (Fsp3) is 0.222. The largest absolute Gasteiger partial charge is 0.406 e. The van der Waals surface area contributed by atoms with Crippen LogP contribution in [0.3, 0.4) is 0 Å². The van der Waals surface area contributed by atoms with Gasteiger partial charge in [0.15, 0.2) is 4.73 Å². The second-order valence-electron chi connectivity index (χ2n) is 3.22. The highest BCUT2D eigenvalue weighted by atomic mass is 79.9. The summed E-state index contributed by atoms with van der Waals surface area (Å²) in [5.74, 6) is -0.594. The molecule has 1 aromatic heterocycles. The maximum Gasteiger partial charge on any atom is 0.406 e. The summed E-state index contributed by atoms with van der Waals surface area (Å²) in [5, 5.41) is 0. The van der Waals surface area contributed by atoms with Gasteiger partial charge in [-0.25, -0.2) is 9.37 Å². The summed E-state index contributed by atoms with van der Waals surface area (Å²) in [6, 6.07) is 3.51. The second-order valence-corrected chi connectivity index (χ2v) is 3.92. The first-order chi connectivity index (χ1) is 7.37. The van der Waals surface area contributed by atoms with E-state index >= 15 is 0 Å². The van der Waals surface area contributed by atoms with Gasteiger partial charge in [0.1, 0.15) is 12.4 Å². The Bertz CT molecular complexity index is 532. The summed E-state index contributed by atoms with van der Waals surface area (Å²) in [6.07, 6.45) is -4.37. The number of rotatable bonds is 1. The second kappa shape index (κ2) is 3.73. The van der Waals surface area contributed by atoms with E-state index in [4.69, 9.17) is 0 Å². The van der Waals surface area contributed by atoms with Crippen LogP contribution in [0.15, 0.2) is 22.9 Å². The average Bonchev–Trinajstić information content (AvgIpc) is 2.42. The van der Waals surface area contributed by atoms with E-state index < -0.39 is 18.5 Å². The maximum absolute atomic E-state index is 12.9. The highest BCUT2D eigenvalue weighted by Gasteiger charge is 2.29. The molecule has 1 aromatic carbocycles. The molecule has 86 valence electrons. The van der Waals surface area contributed by atoms with E-state index in [-0.39, 0.29) is 10.3 Å². The molecule has 0 spiro atoms. The lowest BCUT2D eigenvalue weighted by Crippen LogP contribution is -2.17. The summed E-state index contributed by atoms with van der Waals surface area (Å²) >= 11 is 2.92. The molecule has 16 heavy (non-hydrogen) atoms. The van der Waals surface area contributed by atoms with Gasteiger partial charge in [-0.2, -0.15) is 13.2 Å². The van der Waals surface area contributed by atoms with Crippen molar-refractivity contribution in [3.8, 4) is 0 Å². The SMILES string of the molecule is Fc1ccc2nc(Br)n(CC(F)(F)F)c2c1. The highest BCUT2D eigenvalue weighted by Crippen LogP contribution is 2.26. The van der Waals surface area contributed by atoms with Crippen molar-refractivity contribution in [2.45, 2.75) is 12.7 Å². The smallest absolute Gasteiger partial charge is 0.309 e. The van der Waals surface area contributed by atoms with Gasteiger partial charge in [-0.1, -0.05) is 0 Å². The number of nitrogens with zero attached hydrogens (tertiary/aromatic N) is 2. The molecule has 0 unspecified atom stereocenters. The van der Waals surface area contributed by atoms with Crippen LogP contribution in [0, 0.1) is 5.82 Å². The fourth-order valence-corrected chi connectivity index (χ4v) is 1.90. The number of alkyl halides is 3. The third-order valence-electron chi connectivity index (χ3n) is 2.00. The van der Waals surface area contributed by atoms with Gasteiger partial charge in [-0.15, -0.1) is 0 Å². The van der Waals surface area contributed by atoms with E-state index in [1.54, 1.807) is 0 Å². The Morgan fingerprint density at radius 1 is 1.31 bits per heavy atom. The third kappa shape index (κ3) is 2.18. The lowest BCUT2D eigenvalue weighted by atomic mass is 10.3. The maximum atomic E-state index is 12.9. The zero-order chi connectivity index (χ0) is 11.9. The number of hydrogen-bond acceptors (Lipinski definition) is 1. The van der Waals surface area contributed by atoms with Gasteiger partial charge < -0.3 is 4.57 Å². The summed E-state index contributed by atoms with van der Waals surface area (Å²) in [7, 11) is 0. The lowest BCUT2D eigenvalue weighted by molar-refractivity contribution is -0.140. The quantitative estimate of drug-likeness (QED) is 0.737. The third-order valence-corrected chi connectivity index (χ3v) is 2.61. The Morgan fingerprint density at radius 3 is 2.62 bits per heavy atom. The van der Waals surface area contributed by atoms with Gasteiger partial charge in [-0.3, -0.25) is 0 Å². The lowest BCUT2D eigenvalue weighted by Gasteiger charge is -2.09. The van der Waals surface area contributed by atoms with Crippen molar-refractivity contribution in [2.75, 3.05) is 0 Å². The molecule has 2 nitrogen and oxygen atoms in total. The number of halogens is 5. The molecule has 0 atom stereocenters. The van der Waals surface area contributed by atoms with Crippen molar-refractivity contribution < 1.29 is 17.6 Å². The van der Waals surface area contributed by atoms with Crippen LogP contribution in [0.5, 0.6) is 0 Å². The van der Waals surface area contributed by atoms with Crippen molar-refractivity contribution in [1.29, 1.82) is 0 Å². The first kappa shape index (κ1) is 11.4. The fourth-order valence-electron chi connectivity index (χ4n) is 1.40. The molecule has 0 bridgehead atoms. The minimum Gasteiger partial charge on any atom is -0.309 e. The standard InChI is InChI=1S/C9H5BrF4N2/c10-8-15-6-2-1-5(11)3-7(6)16(8)4-9(12,13)14/h1-3H,4H2. The molecule has 0 radical (unpaired) electrons. The highest BCUT2D eigenvalue weighted by molar-refractivity contribution is 9.10. The van der Waals surface area contributed by atoms with Crippen LogP contribution in [0.25, 0.3) is 11.0 Å². The van der Waals surface area contributed by atoms with Crippen LogP contribution in [-0.4, -0.2) is 15.7 Å². The van der Waals surface area contributed by atoms with Crippen molar-refractivity contribution >= 4 is 27.0 Å². The van der Waals surface area contributed by atoms with Gasteiger partial charge in [0.05, 0.1) is 11.0 Å². The average molecular weight is 297 g/mol. The van der Waals surface area contributed by atoms with Crippen LogP contribution < -0.4 is 0 Å². The molecule has 0 aliphatic heterocycles. The summed E-state index contributed by atoms with van der Waals surface area (Å²) < 4.78 is 50.6. The first-order valence-electron chi connectivity index (χ1n) is 4.25. The van der Waals surface area contributed by atoms with Crippen LogP contribution in [0.2, 0.25) is 0 Å². The molecule has 0 N–H and O–H groups in total. The van der Waals surface area contributed by atoms with E-state index in [0.29, 0.717) is 5.52 Å². The van der Waals surface area contributed by atoms with Crippen LogP contribution in [0.4, 0.5) is 17.6 Å². The minimum atomic E-state index is -4.37. The molecule has 0 aliphatic rings. The summed E-state index contributed by atoms with van der Waals surface area (Å²) in [6.45, 7) is -1.20. The van der Waals surface area contributed by atoms with Crippen LogP contribution in [0.1, 0.15) is 0 Å². The Balaban J connectivity index is 2.58. The molecule has 0 amide bonds. The van der Waals surface area contributed by atoms with E-state index in [1.165, 1.54) is 6.07 Å². The van der Waals surface area contributed by atoms with E-state index in [2.05, 4.69) is 20.9 Å². The number of imidazole rings is 1. The van der Waals surface area contributed by atoms with E-state index in [1.807, 2.05) is 0 Å². The zero-order valence-electron chi connectivity index (χ0n) is 7.72. The molecule has 1 heterocycles. The molecule has 0 saturated carbocycles. The van der Waals surface area contributed by atoms with Gasteiger partial charge >= 0.3 is 6.18 Å². The molecular weight excluding hydrogens is 292 g/mol. The number of aromatic nitrogens is 2.